The summed E-state index contributed by atoms with van der Waals surface area (Å²) in [4.78, 5) is 15.5. The van der Waals surface area contributed by atoms with Crippen molar-refractivity contribution >= 4 is 16.6 Å². The average Bonchev–Trinajstić information content (AvgIpc) is 2.73. The van der Waals surface area contributed by atoms with E-state index in [1.54, 1.807) is 19.2 Å². The molecular formula is C22H16N2O3. The first-order valence-electron chi connectivity index (χ1n) is 8.44. The smallest absolute Gasteiger partial charge is 0.270 e. The standard InChI is InChI=1S/C22H16N2O3/c1-27-18-11-9-15(10-12-18)20-14-23-21-8-3-2-7-19(21)22(20)16-5-4-6-17(13-16)24(25)26/h2-14H,1H3. The molecule has 4 aromatic rings. The van der Waals surface area contributed by atoms with Gasteiger partial charge >= 0.3 is 0 Å². The maximum absolute atomic E-state index is 11.3. The maximum atomic E-state index is 11.3. The fourth-order valence-corrected chi connectivity index (χ4v) is 3.22. The Balaban J connectivity index is 2.01. The van der Waals surface area contributed by atoms with Gasteiger partial charge < -0.3 is 4.74 Å². The third kappa shape index (κ3) is 3.11. The van der Waals surface area contributed by atoms with Crippen molar-refractivity contribution in [3.05, 3.63) is 89.1 Å². The second-order valence-corrected chi connectivity index (χ2v) is 6.10. The van der Waals surface area contributed by atoms with Crippen molar-refractivity contribution < 1.29 is 9.66 Å². The maximum Gasteiger partial charge on any atom is 0.270 e. The zero-order valence-electron chi connectivity index (χ0n) is 14.6. The molecule has 27 heavy (non-hydrogen) atoms. The fraction of sp³-hybridized carbons (Fsp3) is 0.0455. The first-order valence-corrected chi connectivity index (χ1v) is 8.44. The number of fused-ring (bicyclic) bond motifs is 1. The first kappa shape index (κ1) is 16.7. The molecule has 5 heteroatoms. The lowest BCUT2D eigenvalue weighted by Gasteiger charge is -2.14. The Hall–Kier alpha value is -3.73. The van der Waals surface area contributed by atoms with Gasteiger partial charge in [0, 0.05) is 34.8 Å². The number of pyridine rings is 1. The van der Waals surface area contributed by atoms with Crippen molar-refractivity contribution in [3.63, 3.8) is 0 Å². The number of benzene rings is 3. The van der Waals surface area contributed by atoms with Crippen LogP contribution in [-0.2, 0) is 0 Å². The molecule has 1 aromatic heterocycles. The number of nitro groups is 1. The van der Waals surface area contributed by atoms with E-state index in [1.165, 1.54) is 6.07 Å². The Kier molecular flexibility index (Phi) is 4.26. The summed E-state index contributed by atoms with van der Waals surface area (Å²) in [5.74, 6) is 0.768. The van der Waals surface area contributed by atoms with Crippen molar-refractivity contribution in [1.82, 2.24) is 4.98 Å². The molecule has 4 rings (SSSR count). The minimum Gasteiger partial charge on any atom is -0.497 e. The van der Waals surface area contributed by atoms with Crippen molar-refractivity contribution in [2.45, 2.75) is 0 Å². The third-order valence-corrected chi connectivity index (χ3v) is 4.52. The van der Waals surface area contributed by atoms with Crippen molar-refractivity contribution in [3.8, 4) is 28.0 Å². The summed E-state index contributed by atoms with van der Waals surface area (Å²) in [6.45, 7) is 0. The molecule has 1 heterocycles. The Morgan fingerprint density at radius 1 is 0.926 bits per heavy atom. The van der Waals surface area contributed by atoms with Gasteiger partial charge in [-0.2, -0.15) is 0 Å². The Morgan fingerprint density at radius 2 is 1.70 bits per heavy atom. The van der Waals surface area contributed by atoms with Crippen LogP contribution >= 0.6 is 0 Å². The SMILES string of the molecule is COc1ccc(-c2cnc3ccccc3c2-c2cccc([N+](=O)[O-])c2)cc1. The van der Waals surface area contributed by atoms with E-state index < -0.39 is 0 Å². The van der Waals surface area contributed by atoms with Gasteiger partial charge in [0.15, 0.2) is 0 Å². The summed E-state index contributed by atoms with van der Waals surface area (Å²) in [7, 11) is 1.63. The zero-order chi connectivity index (χ0) is 18.8. The first-order chi connectivity index (χ1) is 13.2. The second-order valence-electron chi connectivity index (χ2n) is 6.10. The summed E-state index contributed by atoms with van der Waals surface area (Å²) in [6.07, 6.45) is 1.82. The second kappa shape index (κ2) is 6.88. The lowest BCUT2D eigenvalue weighted by atomic mass is 9.92. The van der Waals surface area contributed by atoms with Gasteiger partial charge in [0.2, 0.25) is 0 Å². The van der Waals surface area contributed by atoms with Gasteiger partial charge in [0.25, 0.3) is 5.69 Å². The number of methoxy groups -OCH3 is 1. The highest BCUT2D eigenvalue weighted by molar-refractivity contribution is 6.02. The number of nitro benzene ring substituents is 1. The molecule has 132 valence electrons. The van der Waals surface area contributed by atoms with Crippen LogP contribution in [0.1, 0.15) is 0 Å². The predicted octanol–water partition coefficient (Wildman–Crippen LogP) is 5.49. The van der Waals surface area contributed by atoms with Crippen LogP contribution < -0.4 is 4.74 Å². The van der Waals surface area contributed by atoms with Crippen LogP contribution in [0.4, 0.5) is 5.69 Å². The number of ether oxygens (including phenoxy) is 1. The molecule has 0 atom stereocenters. The zero-order valence-corrected chi connectivity index (χ0v) is 14.6. The van der Waals surface area contributed by atoms with E-state index in [4.69, 9.17) is 4.74 Å². The lowest BCUT2D eigenvalue weighted by Crippen LogP contribution is -1.93. The number of hydrogen-bond donors (Lipinski definition) is 0. The van der Waals surface area contributed by atoms with Gasteiger partial charge in [-0.05, 0) is 29.3 Å². The van der Waals surface area contributed by atoms with Gasteiger partial charge in [-0.15, -0.1) is 0 Å². The lowest BCUT2D eigenvalue weighted by molar-refractivity contribution is -0.384. The molecule has 0 unspecified atom stereocenters. The molecule has 0 aliphatic rings. The molecule has 5 nitrogen and oxygen atoms in total. The minimum atomic E-state index is -0.375. The van der Waals surface area contributed by atoms with Gasteiger partial charge in [-0.1, -0.05) is 42.5 Å². The summed E-state index contributed by atoms with van der Waals surface area (Å²) in [6, 6.07) is 22.2. The molecular weight excluding hydrogens is 340 g/mol. The molecule has 0 aliphatic carbocycles. The predicted molar refractivity (Wildman–Crippen MR) is 106 cm³/mol. The van der Waals surface area contributed by atoms with E-state index in [0.29, 0.717) is 0 Å². The Bertz CT molecular complexity index is 1140. The molecule has 0 N–H and O–H groups in total. The van der Waals surface area contributed by atoms with Crippen LogP contribution in [0.15, 0.2) is 79.0 Å². The number of hydrogen-bond acceptors (Lipinski definition) is 4. The van der Waals surface area contributed by atoms with Crippen LogP contribution in [0.3, 0.4) is 0 Å². The van der Waals surface area contributed by atoms with Crippen LogP contribution in [0.2, 0.25) is 0 Å². The normalized spacial score (nSPS) is 10.7. The number of aromatic nitrogens is 1. The molecule has 0 amide bonds. The van der Waals surface area contributed by atoms with E-state index in [0.717, 1.165) is 38.9 Å². The molecule has 0 fully saturated rings. The quantitative estimate of drug-likeness (QED) is 0.358. The van der Waals surface area contributed by atoms with Crippen molar-refractivity contribution in [2.24, 2.45) is 0 Å². The summed E-state index contributed by atoms with van der Waals surface area (Å²) >= 11 is 0. The van der Waals surface area contributed by atoms with Crippen LogP contribution in [0.5, 0.6) is 5.75 Å². The summed E-state index contributed by atoms with van der Waals surface area (Å²) < 4.78 is 5.24. The Labute approximate surface area is 156 Å². The number of non-ortho nitro benzene ring substituents is 1. The number of para-hydroxylation sites is 1. The van der Waals surface area contributed by atoms with E-state index in [9.17, 15) is 10.1 Å². The molecule has 0 radical (unpaired) electrons. The van der Waals surface area contributed by atoms with Crippen LogP contribution in [-0.4, -0.2) is 17.0 Å². The minimum absolute atomic E-state index is 0.0640. The summed E-state index contributed by atoms with van der Waals surface area (Å²) in [5, 5.41) is 12.2. The van der Waals surface area contributed by atoms with E-state index in [2.05, 4.69) is 4.98 Å². The van der Waals surface area contributed by atoms with E-state index in [-0.39, 0.29) is 10.6 Å². The molecule has 0 bridgehead atoms. The number of nitrogens with zero attached hydrogens (tertiary/aromatic N) is 2. The van der Waals surface area contributed by atoms with Gasteiger partial charge in [0.05, 0.1) is 17.5 Å². The third-order valence-electron chi connectivity index (χ3n) is 4.52. The largest absolute Gasteiger partial charge is 0.497 e. The molecule has 0 spiro atoms. The Morgan fingerprint density at radius 3 is 2.44 bits per heavy atom. The highest BCUT2D eigenvalue weighted by Crippen LogP contribution is 2.38. The van der Waals surface area contributed by atoms with E-state index >= 15 is 0 Å². The topological polar surface area (TPSA) is 65.3 Å². The fourth-order valence-electron chi connectivity index (χ4n) is 3.22. The molecule has 0 saturated carbocycles. The van der Waals surface area contributed by atoms with Crippen molar-refractivity contribution in [1.29, 1.82) is 0 Å². The molecule has 0 saturated heterocycles. The molecule has 3 aromatic carbocycles. The van der Waals surface area contributed by atoms with Crippen molar-refractivity contribution in [2.75, 3.05) is 7.11 Å². The summed E-state index contributed by atoms with van der Waals surface area (Å²) in [5.41, 5.74) is 4.50. The van der Waals surface area contributed by atoms with Gasteiger partial charge in [-0.3, -0.25) is 15.1 Å². The highest BCUT2D eigenvalue weighted by atomic mass is 16.6. The van der Waals surface area contributed by atoms with Gasteiger partial charge in [0.1, 0.15) is 5.75 Å². The molecule has 0 aliphatic heterocycles. The van der Waals surface area contributed by atoms with Crippen LogP contribution in [0, 0.1) is 10.1 Å². The average molecular weight is 356 g/mol. The highest BCUT2D eigenvalue weighted by Gasteiger charge is 2.15. The monoisotopic (exact) mass is 356 g/mol. The number of rotatable bonds is 4. The van der Waals surface area contributed by atoms with E-state index in [1.807, 2.05) is 60.8 Å². The van der Waals surface area contributed by atoms with Crippen LogP contribution in [0.25, 0.3) is 33.2 Å². The van der Waals surface area contributed by atoms with Gasteiger partial charge in [-0.25, -0.2) is 0 Å².